The lowest BCUT2D eigenvalue weighted by molar-refractivity contribution is 0.279. The molecule has 1 aromatic carbocycles. The summed E-state index contributed by atoms with van der Waals surface area (Å²) in [6.45, 7) is 1.98. The van der Waals surface area contributed by atoms with E-state index < -0.39 is 0 Å². The number of alkyl halides is 1. The van der Waals surface area contributed by atoms with Crippen LogP contribution in [0, 0.1) is 6.92 Å². The molecule has 2 rings (SSSR count). The van der Waals surface area contributed by atoms with Crippen LogP contribution >= 0.6 is 15.9 Å². The molecule has 1 aromatic heterocycles. The van der Waals surface area contributed by atoms with E-state index in [9.17, 15) is 0 Å². The van der Waals surface area contributed by atoms with Crippen molar-refractivity contribution in [1.82, 2.24) is 5.16 Å². The molecule has 3 nitrogen and oxygen atoms in total. The number of hydrogen-bond acceptors (Lipinski definition) is 3. The molecule has 1 N–H and O–H groups in total. The number of halogens is 1. The SMILES string of the molecule is Cc1ccc(C(Br)c2nocc2CO)cc1. The zero-order valence-corrected chi connectivity index (χ0v) is 10.4. The van der Waals surface area contributed by atoms with Crippen molar-refractivity contribution in [1.29, 1.82) is 0 Å². The maximum atomic E-state index is 9.13. The first-order chi connectivity index (χ1) is 7.72. The summed E-state index contributed by atoms with van der Waals surface area (Å²) in [7, 11) is 0. The summed E-state index contributed by atoms with van der Waals surface area (Å²) in [6, 6.07) is 8.15. The van der Waals surface area contributed by atoms with Crippen LogP contribution in [0.25, 0.3) is 0 Å². The van der Waals surface area contributed by atoms with Gasteiger partial charge in [-0.1, -0.05) is 50.9 Å². The highest BCUT2D eigenvalue weighted by molar-refractivity contribution is 9.09. The van der Waals surface area contributed by atoms with E-state index >= 15 is 0 Å². The van der Waals surface area contributed by atoms with Crippen molar-refractivity contribution >= 4 is 15.9 Å². The van der Waals surface area contributed by atoms with Gasteiger partial charge in [-0.3, -0.25) is 0 Å². The number of benzene rings is 1. The van der Waals surface area contributed by atoms with Crippen LogP contribution in [0.15, 0.2) is 35.1 Å². The summed E-state index contributed by atoms with van der Waals surface area (Å²) in [4.78, 5) is -0.0472. The number of rotatable bonds is 3. The fourth-order valence-electron chi connectivity index (χ4n) is 1.49. The van der Waals surface area contributed by atoms with Gasteiger partial charge in [0.05, 0.1) is 11.4 Å². The van der Waals surface area contributed by atoms with Gasteiger partial charge in [-0.25, -0.2) is 0 Å². The minimum absolute atomic E-state index is 0.0472. The third kappa shape index (κ3) is 2.18. The van der Waals surface area contributed by atoms with Gasteiger partial charge in [-0.15, -0.1) is 0 Å². The highest BCUT2D eigenvalue weighted by atomic mass is 79.9. The molecule has 1 unspecified atom stereocenters. The second kappa shape index (κ2) is 4.80. The van der Waals surface area contributed by atoms with Gasteiger partial charge in [0.15, 0.2) is 0 Å². The van der Waals surface area contributed by atoms with Crippen LogP contribution in [-0.4, -0.2) is 10.3 Å². The number of nitrogens with zero attached hydrogens (tertiary/aromatic N) is 1. The fourth-order valence-corrected chi connectivity index (χ4v) is 2.17. The predicted octanol–water partition coefficient (Wildman–Crippen LogP) is 2.96. The Bertz CT molecular complexity index is 464. The number of aryl methyl sites for hydroxylation is 1. The van der Waals surface area contributed by atoms with Crippen LogP contribution in [0.4, 0.5) is 0 Å². The molecule has 2 aromatic rings. The van der Waals surface area contributed by atoms with Crippen molar-refractivity contribution in [3.63, 3.8) is 0 Å². The van der Waals surface area contributed by atoms with Crippen LogP contribution in [0.2, 0.25) is 0 Å². The lowest BCUT2D eigenvalue weighted by Gasteiger charge is -2.08. The minimum atomic E-state index is -0.0627. The van der Waals surface area contributed by atoms with Crippen molar-refractivity contribution in [3.8, 4) is 0 Å². The van der Waals surface area contributed by atoms with E-state index in [-0.39, 0.29) is 11.4 Å². The Morgan fingerprint density at radius 2 is 2.06 bits per heavy atom. The second-order valence-electron chi connectivity index (χ2n) is 3.66. The Morgan fingerprint density at radius 1 is 1.38 bits per heavy atom. The fraction of sp³-hybridized carbons (Fsp3) is 0.250. The highest BCUT2D eigenvalue weighted by Gasteiger charge is 2.17. The monoisotopic (exact) mass is 281 g/mol. The van der Waals surface area contributed by atoms with E-state index in [0.717, 1.165) is 11.3 Å². The molecule has 0 spiro atoms. The molecule has 1 heterocycles. The zero-order chi connectivity index (χ0) is 11.5. The van der Waals surface area contributed by atoms with Gasteiger partial charge in [-0.2, -0.15) is 0 Å². The van der Waals surface area contributed by atoms with Crippen LogP contribution < -0.4 is 0 Å². The van der Waals surface area contributed by atoms with Crippen molar-refractivity contribution in [3.05, 3.63) is 52.9 Å². The van der Waals surface area contributed by atoms with Crippen molar-refractivity contribution < 1.29 is 9.63 Å². The Balaban J connectivity index is 2.31. The number of aliphatic hydroxyl groups excluding tert-OH is 1. The van der Waals surface area contributed by atoms with Gasteiger partial charge >= 0.3 is 0 Å². The maximum absolute atomic E-state index is 9.13. The largest absolute Gasteiger partial charge is 0.391 e. The third-order valence-electron chi connectivity index (χ3n) is 2.46. The van der Waals surface area contributed by atoms with Crippen molar-refractivity contribution in [2.24, 2.45) is 0 Å². The summed E-state index contributed by atoms with van der Waals surface area (Å²) in [5.41, 5.74) is 3.74. The van der Waals surface area contributed by atoms with Crippen LogP contribution in [0.5, 0.6) is 0 Å². The zero-order valence-electron chi connectivity index (χ0n) is 8.85. The van der Waals surface area contributed by atoms with Crippen LogP contribution in [0.3, 0.4) is 0 Å². The van der Waals surface area contributed by atoms with E-state index in [1.807, 2.05) is 31.2 Å². The Labute approximate surface area is 102 Å². The number of hydrogen-bond donors (Lipinski definition) is 1. The predicted molar refractivity (Wildman–Crippen MR) is 64.4 cm³/mol. The molecule has 0 amide bonds. The van der Waals surface area contributed by atoms with Crippen LogP contribution in [-0.2, 0) is 6.61 Å². The van der Waals surface area contributed by atoms with Crippen LogP contribution in [0.1, 0.15) is 27.2 Å². The molecule has 0 saturated carbocycles. The lowest BCUT2D eigenvalue weighted by Crippen LogP contribution is -1.97. The minimum Gasteiger partial charge on any atom is -0.391 e. The highest BCUT2D eigenvalue weighted by Crippen LogP contribution is 2.31. The Morgan fingerprint density at radius 3 is 2.69 bits per heavy atom. The Hall–Kier alpha value is -1.13. The molecule has 0 bridgehead atoms. The van der Waals surface area contributed by atoms with Gasteiger partial charge in [0.2, 0.25) is 0 Å². The van der Waals surface area contributed by atoms with E-state index in [1.165, 1.54) is 11.8 Å². The van der Waals surface area contributed by atoms with Crippen molar-refractivity contribution in [2.45, 2.75) is 18.4 Å². The topological polar surface area (TPSA) is 46.3 Å². The lowest BCUT2D eigenvalue weighted by atomic mass is 10.1. The smallest absolute Gasteiger partial charge is 0.129 e. The first-order valence-corrected chi connectivity index (χ1v) is 5.88. The molecule has 4 heteroatoms. The number of aromatic nitrogens is 1. The summed E-state index contributed by atoms with van der Waals surface area (Å²) >= 11 is 3.56. The second-order valence-corrected chi connectivity index (χ2v) is 4.57. The van der Waals surface area contributed by atoms with Gasteiger partial charge in [0.25, 0.3) is 0 Å². The molecule has 0 radical (unpaired) electrons. The van der Waals surface area contributed by atoms with E-state index in [1.54, 1.807) is 0 Å². The summed E-state index contributed by atoms with van der Waals surface area (Å²) in [5, 5.41) is 13.0. The van der Waals surface area contributed by atoms with E-state index in [4.69, 9.17) is 9.63 Å². The van der Waals surface area contributed by atoms with Gasteiger partial charge < -0.3 is 9.63 Å². The molecule has 1 atom stereocenters. The first-order valence-electron chi connectivity index (χ1n) is 4.97. The quantitative estimate of drug-likeness (QED) is 0.880. The average molecular weight is 282 g/mol. The molecule has 0 aliphatic heterocycles. The summed E-state index contributed by atoms with van der Waals surface area (Å²) in [5.74, 6) is 0. The molecule has 16 heavy (non-hydrogen) atoms. The maximum Gasteiger partial charge on any atom is 0.129 e. The van der Waals surface area contributed by atoms with Gasteiger partial charge in [-0.05, 0) is 12.5 Å². The first kappa shape index (κ1) is 11.4. The molecule has 0 fully saturated rings. The standard InChI is InChI=1S/C12H12BrNO2/c1-8-2-4-9(5-3-8)11(13)12-10(6-15)7-16-14-12/h2-5,7,11,15H,6H2,1H3. The summed E-state index contributed by atoms with van der Waals surface area (Å²) < 4.78 is 4.86. The molecular weight excluding hydrogens is 270 g/mol. The summed E-state index contributed by atoms with van der Waals surface area (Å²) in [6.07, 6.45) is 1.47. The molecule has 0 aliphatic carbocycles. The molecule has 0 aliphatic rings. The molecular formula is C12H12BrNO2. The van der Waals surface area contributed by atoms with E-state index in [2.05, 4.69) is 21.1 Å². The average Bonchev–Trinajstić information content (AvgIpc) is 2.77. The third-order valence-corrected chi connectivity index (χ3v) is 3.42. The molecule has 0 saturated heterocycles. The van der Waals surface area contributed by atoms with Gasteiger partial charge in [0, 0.05) is 5.56 Å². The normalized spacial score (nSPS) is 12.7. The van der Waals surface area contributed by atoms with Crippen molar-refractivity contribution in [2.75, 3.05) is 0 Å². The Kier molecular flexibility index (Phi) is 3.41. The molecule has 84 valence electrons. The van der Waals surface area contributed by atoms with E-state index in [0.29, 0.717) is 5.56 Å². The number of aliphatic hydroxyl groups is 1. The van der Waals surface area contributed by atoms with Gasteiger partial charge in [0.1, 0.15) is 12.0 Å².